The summed E-state index contributed by atoms with van der Waals surface area (Å²) in [6.07, 6.45) is 0.925. The minimum Gasteiger partial charge on any atom is -0.367 e. The van der Waals surface area contributed by atoms with Crippen LogP contribution >= 0.6 is 0 Å². The maximum atomic E-state index is 14.1. The fourth-order valence-corrected chi connectivity index (χ4v) is 3.91. The van der Waals surface area contributed by atoms with Gasteiger partial charge >= 0.3 is 0 Å². The lowest BCUT2D eigenvalue weighted by atomic mass is 10.1. The van der Waals surface area contributed by atoms with Crippen LogP contribution in [0.4, 0.5) is 10.1 Å². The molecule has 7 heteroatoms. The molecule has 0 spiro atoms. The van der Waals surface area contributed by atoms with E-state index < -0.39 is 0 Å². The second-order valence-corrected chi connectivity index (χ2v) is 7.08. The lowest BCUT2D eigenvalue weighted by Gasteiger charge is -2.39. The van der Waals surface area contributed by atoms with E-state index in [-0.39, 0.29) is 11.9 Å². The quantitative estimate of drug-likeness (QED) is 0.658. The van der Waals surface area contributed by atoms with Crippen molar-refractivity contribution in [2.75, 3.05) is 31.1 Å². The van der Waals surface area contributed by atoms with E-state index in [1.807, 2.05) is 35.0 Å². The standard InChI is InChI=1S/C21H25FN6/c1-2-19(21-23-24-25-28(21)16-17-8-4-3-5-9-17)26-12-14-27(15-13-26)20-11-7-6-10-18(20)22/h3-11,19H,2,12-16H2,1H3/t19-/m0/s1. The normalized spacial score (nSPS) is 16.3. The SMILES string of the molecule is CC[C@@H](c1nnnn1Cc1ccccc1)N1CCN(c2ccccc2F)CC1. The van der Waals surface area contributed by atoms with Crippen LogP contribution < -0.4 is 4.90 Å². The van der Waals surface area contributed by atoms with E-state index in [9.17, 15) is 4.39 Å². The van der Waals surface area contributed by atoms with Gasteiger partial charge in [-0.05, 0) is 34.5 Å². The van der Waals surface area contributed by atoms with Crippen molar-refractivity contribution in [2.45, 2.75) is 25.9 Å². The van der Waals surface area contributed by atoms with Crippen molar-refractivity contribution in [3.8, 4) is 0 Å². The molecule has 146 valence electrons. The van der Waals surface area contributed by atoms with Gasteiger partial charge in [0.25, 0.3) is 0 Å². The Hall–Kier alpha value is -2.80. The van der Waals surface area contributed by atoms with Crippen LogP contribution in [0, 0.1) is 5.82 Å². The number of piperazine rings is 1. The average Bonchev–Trinajstić information content (AvgIpc) is 3.18. The molecule has 3 aromatic rings. The summed E-state index contributed by atoms with van der Waals surface area (Å²) in [5.41, 5.74) is 1.86. The van der Waals surface area contributed by atoms with Crippen LogP contribution in [0.25, 0.3) is 0 Å². The molecular formula is C21H25FN6. The van der Waals surface area contributed by atoms with Gasteiger partial charge < -0.3 is 4.90 Å². The Morgan fingerprint density at radius 1 is 0.964 bits per heavy atom. The molecule has 0 unspecified atom stereocenters. The molecule has 2 aromatic carbocycles. The third-order valence-corrected chi connectivity index (χ3v) is 5.37. The number of halogens is 1. The van der Waals surface area contributed by atoms with Crippen LogP contribution in [0.15, 0.2) is 54.6 Å². The van der Waals surface area contributed by atoms with Gasteiger partial charge in [-0.2, -0.15) is 0 Å². The lowest BCUT2D eigenvalue weighted by Crippen LogP contribution is -2.48. The first-order valence-electron chi connectivity index (χ1n) is 9.79. The zero-order valence-corrected chi connectivity index (χ0v) is 16.1. The van der Waals surface area contributed by atoms with Gasteiger partial charge in [-0.3, -0.25) is 4.90 Å². The van der Waals surface area contributed by atoms with Gasteiger partial charge in [-0.1, -0.05) is 49.4 Å². The van der Waals surface area contributed by atoms with Gasteiger partial charge in [0.15, 0.2) is 5.82 Å². The van der Waals surface area contributed by atoms with Crippen molar-refractivity contribution in [1.82, 2.24) is 25.1 Å². The maximum absolute atomic E-state index is 14.1. The Labute approximate surface area is 164 Å². The number of benzene rings is 2. The van der Waals surface area contributed by atoms with Crippen molar-refractivity contribution in [2.24, 2.45) is 0 Å². The summed E-state index contributed by atoms with van der Waals surface area (Å²) in [4.78, 5) is 4.52. The number of nitrogens with zero attached hydrogens (tertiary/aromatic N) is 6. The lowest BCUT2D eigenvalue weighted by molar-refractivity contribution is 0.169. The second-order valence-electron chi connectivity index (χ2n) is 7.08. The summed E-state index contributed by atoms with van der Waals surface area (Å²) in [6, 6.07) is 17.4. The van der Waals surface area contributed by atoms with E-state index in [2.05, 4.69) is 44.4 Å². The predicted octanol–water partition coefficient (Wildman–Crippen LogP) is 3.13. The molecule has 4 rings (SSSR count). The Balaban J connectivity index is 1.46. The molecule has 0 N–H and O–H groups in total. The first-order valence-corrected chi connectivity index (χ1v) is 9.79. The summed E-state index contributed by atoms with van der Waals surface area (Å²) in [5.74, 6) is 0.737. The molecule has 1 aromatic heterocycles. The average molecular weight is 380 g/mol. The topological polar surface area (TPSA) is 50.1 Å². The fraction of sp³-hybridized carbons (Fsp3) is 0.381. The first kappa shape index (κ1) is 18.6. The van der Waals surface area contributed by atoms with E-state index in [1.54, 1.807) is 6.07 Å². The molecule has 28 heavy (non-hydrogen) atoms. The van der Waals surface area contributed by atoms with E-state index in [0.29, 0.717) is 12.2 Å². The Morgan fingerprint density at radius 3 is 2.39 bits per heavy atom. The number of para-hydroxylation sites is 1. The Bertz CT molecular complexity index is 889. The largest absolute Gasteiger partial charge is 0.367 e. The molecule has 1 aliphatic heterocycles. The number of anilines is 1. The number of tetrazole rings is 1. The van der Waals surface area contributed by atoms with Crippen LogP contribution in [-0.2, 0) is 6.54 Å². The van der Waals surface area contributed by atoms with Crippen LogP contribution in [-0.4, -0.2) is 51.3 Å². The van der Waals surface area contributed by atoms with Gasteiger partial charge in [0.1, 0.15) is 5.82 Å². The highest BCUT2D eigenvalue weighted by atomic mass is 19.1. The smallest absolute Gasteiger partial charge is 0.168 e. The second kappa shape index (κ2) is 8.48. The van der Waals surface area contributed by atoms with Crippen molar-refractivity contribution in [1.29, 1.82) is 0 Å². The number of aromatic nitrogens is 4. The van der Waals surface area contributed by atoms with E-state index in [1.165, 1.54) is 11.6 Å². The summed E-state index contributed by atoms with van der Waals surface area (Å²) >= 11 is 0. The van der Waals surface area contributed by atoms with E-state index in [0.717, 1.165) is 38.4 Å². The fourth-order valence-electron chi connectivity index (χ4n) is 3.91. The molecule has 0 saturated carbocycles. The predicted molar refractivity (Wildman–Crippen MR) is 107 cm³/mol. The molecule has 0 radical (unpaired) electrons. The van der Waals surface area contributed by atoms with Gasteiger partial charge in [0.2, 0.25) is 0 Å². The molecule has 0 amide bonds. The molecule has 2 heterocycles. The third kappa shape index (κ3) is 3.89. The highest BCUT2D eigenvalue weighted by molar-refractivity contribution is 5.48. The van der Waals surface area contributed by atoms with Crippen LogP contribution in [0.1, 0.15) is 30.8 Å². The molecule has 1 atom stereocenters. The highest BCUT2D eigenvalue weighted by Gasteiger charge is 2.28. The van der Waals surface area contributed by atoms with Crippen molar-refractivity contribution < 1.29 is 4.39 Å². The Morgan fingerprint density at radius 2 is 1.68 bits per heavy atom. The molecular weight excluding hydrogens is 355 g/mol. The summed E-state index contributed by atoms with van der Waals surface area (Å²) < 4.78 is 16.0. The van der Waals surface area contributed by atoms with Crippen LogP contribution in [0.3, 0.4) is 0 Å². The van der Waals surface area contributed by atoms with Crippen molar-refractivity contribution in [3.05, 3.63) is 71.8 Å². The molecule has 0 bridgehead atoms. The summed E-state index contributed by atoms with van der Waals surface area (Å²) in [6.45, 7) is 6.11. The molecule has 0 aliphatic carbocycles. The van der Waals surface area contributed by atoms with E-state index in [4.69, 9.17) is 0 Å². The monoisotopic (exact) mass is 380 g/mol. The zero-order chi connectivity index (χ0) is 19.3. The maximum Gasteiger partial charge on any atom is 0.168 e. The minimum absolute atomic E-state index is 0.154. The number of hydrogen-bond donors (Lipinski definition) is 0. The molecule has 1 fully saturated rings. The van der Waals surface area contributed by atoms with E-state index >= 15 is 0 Å². The van der Waals surface area contributed by atoms with Gasteiger partial charge in [0.05, 0.1) is 18.3 Å². The molecule has 6 nitrogen and oxygen atoms in total. The summed E-state index contributed by atoms with van der Waals surface area (Å²) in [7, 11) is 0. The van der Waals surface area contributed by atoms with Crippen LogP contribution in [0.2, 0.25) is 0 Å². The van der Waals surface area contributed by atoms with Gasteiger partial charge in [-0.25, -0.2) is 9.07 Å². The molecule has 1 aliphatic rings. The minimum atomic E-state index is -0.158. The molecule has 1 saturated heterocycles. The first-order chi connectivity index (χ1) is 13.8. The zero-order valence-electron chi connectivity index (χ0n) is 16.1. The number of hydrogen-bond acceptors (Lipinski definition) is 5. The van der Waals surface area contributed by atoms with Crippen molar-refractivity contribution in [3.63, 3.8) is 0 Å². The van der Waals surface area contributed by atoms with Crippen molar-refractivity contribution >= 4 is 5.69 Å². The van der Waals surface area contributed by atoms with Gasteiger partial charge in [0, 0.05) is 26.2 Å². The number of rotatable bonds is 6. The third-order valence-electron chi connectivity index (χ3n) is 5.37. The Kier molecular flexibility index (Phi) is 5.62. The van der Waals surface area contributed by atoms with Crippen LogP contribution in [0.5, 0.6) is 0 Å². The van der Waals surface area contributed by atoms with Gasteiger partial charge in [-0.15, -0.1) is 5.10 Å². The summed E-state index contributed by atoms with van der Waals surface area (Å²) in [5, 5.41) is 12.5. The highest BCUT2D eigenvalue weighted by Crippen LogP contribution is 2.26.